The van der Waals surface area contributed by atoms with Gasteiger partial charge in [-0.3, -0.25) is 4.68 Å². The van der Waals surface area contributed by atoms with Gasteiger partial charge in [-0.2, -0.15) is 9.40 Å². The average Bonchev–Trinajstić information content (AvgIpc) is 2.89. The normalized spacial score (nSPS) is 29.7. The van der Waals surface area contributed by atoms with Crippen LogP contribution < -0.4 is 5.32 Å². The molecule has 17 heavy (non-hydrogen) atoms. The minimum absolute atomic E-state index is 0.125. The highest BCUT2D eigenvalue weighted by atomic mass is 32.2. The maximum Gasteiger partial charge on any atom is 0.246 e. The van der Waals surface area contributed by atoms with Crippen molar-refractivity contribution in [2.45, 2.75) is 17.4 Å². The van der Waals surface area contributed by atoms with Gasteiger partial charge >= 0.3 is 0 Å². The molecule has 0 aliphatic carbocycles. The molecule has 0 saturated carbocycles. The first-order valence-corrected chi connectivity index (χ1v) is 7.24. The SMILES string of the molecule is Cn1cc(S(=O)(=O)N2CC[C@H]3CNC[C@H]32)cn1. The third-order valence-electron chi connectivity index (χ3n) is 3.68. The Morgan fingerprint density at radius 2 is 2.29 bits per heavy atom. The molecule has 0 unspecified atom stereocenters. The zero-order chi connectivity index (χ0) is 12.0. The van der Waals surface area contributed by atoms with Gasteiger partial charge in [0.15, 0.2) is 0 Å². The Kier molecular flexibility index (Phi) is 2.49. The van der Waals surface area contributed by atoms with Crippen molar-refractivity contribution >= 4 is 10.0 Å². The quantitative estimate of drug-likeness (QED) is 0.767. The van der Waals surface area contributed by atoms with Crippen molar-refractivity contribution in [3.05, 3.63) is 12.4 Å². The molecule has 2 fully saturated rings. The minimum Gasteiger partial charge on any atom is -0.315 e. The summed E-state index contributed by atoms with van der Waals surface area (Å²) in [7, 11) is -1.64. The van der Waals surface area contributed by atoms with Crippen LogP contribution >= 0.6 is 0 Å². The van der Waals surface area contributed by atoms with Crippen molar-refractivity contribution in [1.29, 1.82) is 0 Å². The number of hydrogen-bond acceptors (Lipinski definition) is 4. The lowest BCUT2D eigenvalue weighted by molar-refractivity contribution is 0.383. The van der Waals surface area contributed by atoms with Crippen molar-refractivity contribution in [1.82, 2.24) is 19.4 Å². The molecular formula is C10H16N4O2S. The first-order valence-electron chi connectivity index (χ1n) is 5.80. The molecule has 2 aliphatic rings. The van der Waals surface area contributed by atoms with Gasteiger partial charge in [-0.25, -0.2) is 8.42 Å². The molecule has 7 heteroatoms. The monoisotopic (exact) mass is 256 g/mol. The molecule has 0 amide bonds. The van der Waals surface area contributed by atoms with E-state index in [-0.39, 0.29) is 6.04 Å². The molecule has 3 rings (SSSR count). The van der Waals surface area contributed by atoms with Crippen LogP contribution in [0.3, 0.4) is 0 Å². The van der Waals surface area contributed by atoms with Crippen molar-refractivity contribution in [2.75, 3.05) is 19.6 Å². The summed E-state index contributed by atoms with van der Waals surface area (Å²) in [5, 5.41) is 7.19. The second-order valence-electron chi connectivity index (χ2n) is 4.74. The van der Waals surface area contributed by atoms with Gasteiger partial charge < -0.3 is 5.32 Å². The predicted octanol–water partition coefficient (Wildman–Crippen LogP) is -0.597. The van der Waals surface area contributed by atoms with Gasteiger partial charge in [0.25, 0.3) is 0 Å². The van der Waals surface area contributed by atoms with E-state index in [1.807, 2.05) is 0 Å². The van der Waals surface area contributed by atoms with Crippen LogP contribution in [0, 0.1) is 5.92 Å². The Morgan fingerprint density at radius 1 is 1.47 bits per heavy atom. The fourth-order valence-corrected chi connectivity index (χ4v) is 4.46. The highest BCUT2D eigenvalue weighted by Gasteiger charge is 2.44. The lowest BCUT2D eigenvalue weighted by atomic mass is 10.1. The molecule has 1 aromatic rings. The van der Waals surface area contributed by atoms with Gasteiger partial charge in [0.1, 0.15) is 4.90 Å². The fourth-order valence-electron chi connectivity index (χ4n) is 2.78. The van der Waals surface area contributed by atoms with Crippen LogP contribution in [0.4, 0.5) is 0 Å². The Morgan fingerprint density at radius 3 is 3.00 bits per heavy atom. The molecular weight excluding hydrogens is 240 g/mol. The van der Waals surface area contributed by atoms with Gasteiger partial charge in [0.2, 0.25) is 10.0 Å². The van der Waals surface area contributed by atoms with E-state index in [0.717, 1.165) is 19.5 Å². The maximum atomic E-state index is 12.4. The summed E-state index contributed by atoms with van der Waals surface area (Å²) < 4.78 is 28.0. The van der Waals surface area contributed by atoms with E-state index in [0.29, 0.717) is 17.4 Å². The van der Waals surface area contributed by atoms with Gasteiger partial charge in [-0.1, -0.05) is 0 Å². The summed E-state index contributed by atoms with van der Waals surface area (Å²) in [6.45, 7) is 2.34. The van der Waals surface area contributed by atoms with Gasteiger partial charge in [0, 0.05) is 32.4 Å². The molecule has 3 heterocycles. The molecule has 2 atom stereocenters. The van der Waals surface area contributed by atoms with Crippen LogP contribution in [0.5, 0.6) is 0 Å². The standard InChI is InChI=1S/C10H16N4O2S/c1-13-7-9(5-12-13)17(15,16)14-3-2-8-4-11-6-10(8)14/h5,7-8,10-11H,2-4,6H2,1H3/t8-,10+/m0/s1. The second kappa shape index (κ2) is 3.79. The summed E-state index contributed by atoms with van der Waals surface area (Å²) in [5.74, 6) is 0.474. The van der Waals surface area contributed by atoms with Crippen molar-refractivity contribution < 1.29 is 8.42 Å². The number of nitrogens with one attached hydrogen (secondary N) is 1. The first kappa shape index (κ1) is 11.2. The van der Waals surface area contributed by atoms with E-state index in [4.69, 9.17) is 0 Å². The van der Waals surface area contributed by atoms with Crippen molar-refractivity contribution in [3.8, 4) is 0 Å². The van der Waals surface area contributed by atoms with Gasteiger partial charge in [0.05, 0.1) is 6.20 Å². The zero-order valence-electron chi connectivity index (χ0n) is 9.70. The lowest BCUT2D eigenvalue weighted by Gasteiger charge is -2.21. The van der Waals surface area contributed by atoms with Crippen LogP contribution in [-0.4, -0.2) is 48.2 Å². The van der Waals surface area contributed by atoms with E-state index in [9.17, 15) is 8.42 Å². The number of nitrogens with zero attached hydrogens (tertiary/aromatic N) is 3. The molecule has 2 saturated heterocycles. The molecule has 2 aliphatic heterocycles. The van der Waals surface area contributed by atoms with Crippen LogP contribution in [0.15, 0.2) is 17.3 Å². The fraction of sp³-hybridized carbons (Fsp3) is 0.700. The highest BCUT2D eigenvalue weighted by molar-refractivity contribution is 7.89. The van der Waals surface area contributed by atoms with Crippen LogP contribution in [-0.2, 0) is 17.1 Å². The minimum atomic E-state index is -3.36. The van der Waals surface area contributed by atoms with Gasteiger partial charge in [-0.05, 0) is 18.9 Å². The molecule has 0 spiro atoms. The Bertz CT molecular complexity index is 524. The van der Waals surface area contributed by atoms with E-state index in [2.05, 4.69) is 10.4 Å². The zero-order valence-corrected chi connectivity index (χ0v) is 10.5. The molecule has 0 radical (unpaired) electrons. The summed E-state index contributed by atoms with van der Waals surface area (Å²) in [5.41, 5.74) is 0. The smallest absolute Gasteiger partial charge is 0.246 e. The van der Waals surface area contributed by atoms with E-state index in [1.54, 1.807) is 17.5 Å². The third kappa shape index (κ3) is 1.69. The summed E-state index contributed by atoms with van der Waals surface area (Å²) in [4.78, 5) is 0.299. The number of sulfonamides is 1. The lowest BCUT2D eigenvalue weighted by Crippen LogP contribution is -2.38. The third-order valence-corrected chi connectivity index (χ3v) is 5.56. The Labute approximate surface area is 101 Å². The molecule has 94 valence electrons. The number of aromatic nitrogens is 2. The number of rotatable bonds is 2. The Hall–Kier alpha value is -0.920. The average molecular weight is 256 g/mol. The number of fused-ring (bicyclic) bond motifs is 1. The molecule has 1 aromatic heterocycles. The number of aryl methyl sites for hydroxylation is 1. The largest absolute Gasteiger partial charge is 0.315 e. The molecule has 0 aromatic carbocycles. The number of hydrogen-bond donors (Lipinski definition) is 1. The van der Waals surface area contributed by atoms with Crippen LogP contribution in [0.1, 0.15) is 6.42 Å². The Balaban J connectivity index is 1.93. The van der Waals surface area contributed by atoms with E-state index < -0.39 is 10.0 Å². The molecule has 6 nitrogen and oxygen atoms in total. The van der Waals surface area contributed by atoms with Crippen LogP contribution in [0.2, 0.25) is 0 Å². The maximum absolute atomic E-state index is 12.4. The van der Waals surface area contributed by atoms with E-state index in [1.165, 1.54) is 10.9 Å². The van der Waals surface area contributed by atoms with Crippen molar-refractivity contribution in [3.63, 3.8) is 0 Å². The van der Waals surface area contributed by atoms with E-state index >= 15 is 0 Å². The first-order chi connectivity index (χ1) is 8.09. The van der Waals surface area contributed by atoms with Gasteiger partial charge in [-0.15, -0.1) is 0 Å². The second-order valence-corrected chi connectivity index (χ2v) is 6.63. The molecule has 0 bridgehead atoms. The summed E-state index contributed by atoms with van der Waals surface area (Å²) in [6.07, 6.45) is 3.94. The topological polar surface area (TPSA) is 67.2 Å². The summed E-state index contributed by atoms with van der Waals surface area (Å²) >= 11 is 0. The summed E-state index contributed by atoms with van der Waals surface area (Å²) in [6, 6.07) is 0.125. The van der Waals surface area contributed by atoms with Crippen molar-refractivity contribution in [2.24, 2.45) is 13.0 Å². The predicted molar refractivity (Wildman–Crippen MR) is 61.9 cm³/mol. The molecule has 1 N–H and O–H groups in total. The highest BCUT2D eigenvalue weighted by Crippen LogP contribution is 2.31. The van der Waals surface area contributed by atoms with Crippen LogP contribution in [0.25, 0.3) is 0 Å².